The molecule has 1 N–H and O–H groups in total. The second-order valence-corrected chi connectivity index (χ2v) is 11.2. The molecule has 8 heteroatoms. The van der Waals surface area contributed by atoms with E-state index in [-0.39, 0.29) is 0 Å². The summed E-state index contributed by atoms with van der Waals surface area (Å²) < 4.78 is 28.2. The van der Waals surface area contributed by atoms with E-state index >= 15 is 0 Å². The van der Waals surface area contributed by atoms with Crippen LogP contribution in [0.1, 0.15) is 35.2 Å². The van der Waals surface area contributed by atoms with Gasteiger partial charge in [0.25, 0.3) is 0 Å². The number of hydrogen-bond donors (Lipinski definition) is 1. The third-order valence-corrected chi connectivity index (χ3v) is 8.54. The maximum absolute atomic E-state index is 13.3. The van der Waals surface area contributed by atoms with E-state index in [9.17, 15) is 8.42 Å². The van der Waals surface area contributed by atoms with Gasteiger partial charge < -0.3 is 10.2 Å². The molecule has 0 radical (unpaired) electrons. The van der Waals surface area contributed by atoms with E-state index in [0.29, 0.717) is 37.0 Å². The van der Waals surface area contributed by atoms with Crippen LogP contribution in [0.5, 0.6) is 0 Å². The van der Waals surface area contributed by atoms with Crippen molar-refractivity contribution in [1.82, 2.24) is 14.3 Å². The first kappa shape index (κ1) is 22.8. The van der Waals surface area contributed by atoms with Crippen LogP contribution in [0.4, 0.5) is 17.5 Å². The summed E-state index contributed by atoms with van der Waals surface area (Å²) in [6.07, 6.45) is 4.33. The van der Waals surface area contributed by atoms with Gasteiger partial charge in [-0.2, -0.15) is 9.29 Å². The Balaban J connectivity index is 1.28. The lowest BCUT2D eigenvalue weighted by atomic mass is 9.92. The van der Waals surface area contributed by atoms with Gasteiger partial charge in [-0.3, -0.25) is 0 Å². The van der Waals surface area contributed by atoms with Crippen LogP contribution in [0.25, 0.3) is 0 Å². The van der Waals surface area contributed by atoms with Crippen LogP contribution in [0.15, 0.2) is 53.4 Å². The summed E-state index contributed by atoms with van der Waals surface area (Å²) in [5.74, 6) is 1.36. The normalized spacial score (nSPS) is 16.8. The number of benzene rings is 2. The predicted octanol–water partition coefficient (Wildman–Crippen LogP) is 4.23. The van der Waals surface area contributed by atoms with E-state index in [1.54, 1.807) is 10.4 Å². The van der Waals surface area contributed by atoms with Crippen LogP contribution in [0.2, 0.25) is 0 Å². The monoisotopic (exact) mass is 477 g/mol. The number of anilines is 3. The van der Waals surface area contributed by atoms with Crippen molar-refractivity contribution in [1.29, 1.82) is 0 Å². The highest BCUT2D eigenvalue weighted by Crippen LogP contribution is 2.27. The topological polar surface area (TPSA) is 78.4 Å². The SMILES string of the molecule is Cc1ccc(Nc2cc(C)nc(N3CCN(S(=O)(=O)c4ccc5c(c4)CCCC5)CC3)n2)cc1. The molecule has 1 saturated heterocycles. The van der Waals surface area contributed by atoms with Crippen molar-refractivity contribution in [2.45, 2.75) is 44.4 Å². The van der Waals surface area contributed by atoms with Crippen molar-refractivity contribution in [2.24, 2.45) is 0 Å². The Bertz CT molecular complexity index is 1280. The third kappa shape index (κ3) is 4.79. The number of aromatic nitrogens is 2. The molecule has 1 aliphatic carbocycles. The molecule has 0 saturated carbocycles. The van der Waals surface area contributed by atoms with E-state index in [4.69, 9.17) is 4.98 Å². The van der Waals surface area contributed by atoms with Crippen LogP contribution >= 0.6 is 0 Å². The van der Waals surface area contributed by atoms with Crippen LogP contribution in [-0.2, 0) is 22.9 Å². The number of rotatable bonds is 5. The molecule has 0 spiro atoms. The van der Waals surface area contributed by atoms with Crippen molar-refractivity contribution in [3.05, 3.63) is 70.9 Å². The number of fused-ring (bicyclic) bond motifs is 1. The summed E-state index contributed by atoms with van der Waals surface area (Å²) >= 11 is 0. The number of nitrogens with one attached hydrogen (secondary N) is 1. The number of hydrogen-bond acceptors (Lipinski definition) is 6. The molecule has 178 valence electrons. The van der Waals surface area contributed by atoms with Gasteiger partial charge >= 0.3 is 0 Å². The molecule has 1 aromatic heterocycles. The first-order valence-electron chi connectivity index (χ1n) is 11.9. The molecule has 2 aromatic carbocycles. The van der Waals surface area contributed by atoms with Gasteiger partial charge in [-0.05, 0) is 74.9 Å². The zero-order valence-corrected chi connectivity index (χ0v) is 20.6. The van der Waals surface area contributed by atoms with E-state index in [1.165, 1.54) is 23.1 Å². The van der Waals surface area contributed by atoms with E-state index in [1.807, 2.05) is 37.3 Å². The second-order valence-electron chi connectivity index (χ2n) is 9.21. The fraction of sp³-hybridized carbons (Fsp3) is 0.385. The second kappa shape index (κ2) is 9.35. The minimum absolute atomic E-state index is 0.414. The highest BCUT2D eigenvalue weighted by atomic mass is 32.2. The number of piperazine rings is 1. The molecule has 0 bridgehead atoms. The van der Waals surface area contributed by atoms with Gasteiger partial charge in [-0.25, -0.2) is 13.4 Å². The number of nitrogens with zero attached hydrogens (tertiary/aromatic N) is 4. The lowest BCUT2D eigenvalue weighted by molar-refractivity contribution is 0.382. The first-order chi connectivity index (χ1) is 16.4. The summed E-state index contributed by atoms with van der Waals surface area (Å²) in [4.78, 5) is 11.8. The Labute approximate surface area is 201 Å². The van der Waals surface area contributed by atoms with E-state index in [2.05, 4.69) is 34.3 Å². The predicted molar refractivity (Wildman–Crippen MR) is 135 cm³/mol. The van der Waals surface area contributed by atoms with Crippen molar-refractivity contribution in [3.8, 4) is 0 Å². The highest BCUT2D eigenvalue weighted by molar-refractivity contribution is 7.89. The van der Waals surface area contributed by atoms with Gasteiger partial charge in [0.1, 0.15) is 5.82 Å². The molecule has 1 fully saturated rings. The fourth-order valence-electron chi connectivity index (χ4n) is 4.69. The van der Waals surface area contributed by atoms with E-state index in [0.717, 1.165) is 36.5 Å². The highest BCUT2D eigenvalue weighted by Gasteiger charge is 2.30. The Morgan fingerprint density at radius 2 is 1.53 bits per heavy atom. The lowest BCUT2D eigenvalue weighted by Crippen LogP contribution is -2.49. The maximum atomic E-state index is 13.3. The van der Waals surface area contributed by atoms with Gasteiger partial charge in [0.05, 0.1) is 4.90 Å². The zero-order chi connectivity index (χ0) is 23.7. The fourth-order valence-corrected chi connectivity index (χ4v) is 6.16. The molecule has 0 atom stereocenters. The van der Waals surface area contributed by atoms with Gasteiger partial charge in [0.15, 0.2) is 0 Å². The Morgan fingerprint density at radius 1 is 0.824 bits per heavy atom. The van der Waals surface area contributed by atoms with Crippen LogP contribution in [-0.4, -0.2) is 48.9 Å². The smallest absolute Gasteiger partial charge is 0.243 e. The molecule has 0 unspecified atom stereocenters. The summed E-state index contributed by atoms with van der Waals surface area (Å²) in [7, 11) is -3.51. The molecular weight excluding hydrogens is 446 g/mol. The van der Waals surface area contributed by atoms with Crippen molar-refractivity contribution in [2.75, 3.05) is 36.4 Å². The van der Waals surface area contributed by atoms with Crippen LogP contribution < -0.4 is 10.2 Å². The van der Waals surface area contributed by atoms with Crippen LogP contribution in [0.3, 0.4) is 0 Å². The van der Waals surface area contributed by atoms with Crippen molar-refractivity contribution >= 4 is 27.5 Å². The molecular formula is C26H31N5O2S. The quantitative estimate of drug-likeness (QED) is 0.593. The molecule has 0 amide bonds. The van der Waals surface area contributed by atoms with E-state index < -0.39 is 10.0 Å². The summed E-state index contributed by atoms with van der Waals surface area (Å²) in [6, 6.07) is 15.7. The molecule has 3 aromatic rings. The lowest BCUT2D eigenvalue weighted by Gasteiger charge is -2.34. The summed E-state index contributed by atoms with van der Waals surface area (Å²) in [5, 5.41) is 3.35. The Morgan fingerprint density at radius 3 is 2.26 bits per heavy atom. The molecule has 7 nitrogen and oxygen atoms in total. The minimum Gasteiger partial charge on any atom is -0.340 e. The maximum Gasteiger partial charge on any atom is 0.243 e. The standard InChI is InChI=1S/C26H31N5O2S/c1-19-7-10-23(11-8-19)28-25-17-20(2)27-26(29-25)30-13-15-31(16-14-30)34(32,33)24-12-9-21-5-3-4-6-22(21)18-24/h7-12,17-18H,3-6,13-16H2,1-2H3,(H,27,28,29). The molecule has 2 heterocycles. The van der Waals surface area contributed by atoms with Crippen molar-refractivity contribution in [3.63, 3.8) is 0 Å². The average Bonchev–Trinajstić information content (AvgIpc) is 2.85. The first-order valence-corrected chi connectivity index (χ1v) is 13.4. The third-order valence-electron chi connectivity index (χ3n) is 6.65. The Kier molecular flexibility index (Phi) is 6.27. The summed E-state index contributed by atoms with van der Waals surface area (Å²) in [5.41, 5.74) is 5.52. The number of aryl methyl sites for hydroxylation is 4. The van der Waals surface area contributed by atoms with Gasteiger partial charge in [-0.15, -0.1) is 0 Å². The van der Waals surface area contributed by atoms with Crippen LogP contribution in [0, 0.1) is 13.8 Å². The average molecular weight is 478 g/mol. The van der Waals surface area contributed by atoms with Crippen molar-refractivity contribution < 1.29 is 8.42 Å². The molecule has 34 heavy (non-hydrogen) atoms. The largest absolute Gasteiger partial charge is 0.340 e. The Hall–Kier alpha value is -2.97. The van der Waals surface area contributed by atoms with Gasteiger partial charge in [0.2, 0.25) is 16.0 Å². The molecule has 2 aliphatic rings. The minimum atomic E-state index is -3.51. The molecule has 5 rings (SSSR count). The van der Waals surface area contributed by atoms with Gasteiger partial charge in [0, 0.05) is 43.6 Å². The van der Waals surface area contributed by atoms with Gasteiger partial charge in [-0.1, -0.05) is 23.8 Å². The molecule has 1 aliphatic heterocycles. The zero-order valence-electron chi connectivity index (χ0n) is 19.8. The number of sulfonamides is 1. The summed E-state index contributed by atoms with van der Waals surface area (Å²) in [6.45, 7) is 5.94.